The number of carbonyl (C=O) groups is 2. The van der Waals surface area contributed by atoms with Crippen molar-refractivity contribution in [2.45, 2.75) is 46.2 Å². The van der Waals surface area contributed by atoms with E-state index in [0.29, 0.717) is 0 Å². The van der Waals surface area contributed by atoms with Gasteiger partial charge >= 0.3 is 5.97 Å². The maximum atomic E-state index is 11.9. The molecule has 0 heterocycles. The van der Waals surface area contributed by atoms with E-state index in [9.17, 15) is 9.59 Å². The Labute approximate surface area is 103 Å². The number of nitrogens with zero attached hydrogens (tertiary/aromatic N) is 1. The van der Waals surface area contributed by atoms with Crippen LogP contribution in [0.25, 0.3) is 0 Å². The largest absolute Gasteiger partial charge is 0.468 e. The van der Waals surface area contributed by atoms with Gasteiger partial charge in [0.25, 0.3) is 0 Å². The molecule has 0 aromatic rings. The van der Waals surface area contributed by atoms with Crippen LogP contribution in [-0.2, 0) is 14.3 Å². The third-order valence-electron chi connectivity index (χ3n) is 2.24. The monoisotopic (exact) mass is 244 g/mol. The first kappa shape index (κ1) is 15.9. The highest BCUT2D eigenvalue weighted by Gasteiger charge is 2.21. The molecule has 0 fully saturated rings. The van der Waals surface area contributed by atoms with Gasteiger partial charge in [-0.05, 0) is 34.6 Å². The number of esters is 1. The molecule has 0 aromatic heterocycles. The summed E-state index contributed by atoms with van der Waals surface area (Å²) in [5.41, 5.74) is -0.121. The fourth-order valence-corrected chi connectivity index (χ4v) is 1.20. The van der Waals surface area contributed by atoms with Gasteiger partial charge in [0, 0.05) is 11.6 Å². The highest BCUT2D eigenvalue weighted by molar-refractivity contribution is 5.83. The van der Waals surface area contributed by atoms with Gasteiger partial charge in [0.15, 0.2) is 0 Å². The lowest BCUT2D eigenvalue weighted by atomic mass is 10.1. The molecular weight excluding hydrogens is 220 g/mol. The first-order valence-corrected chi connectivity index (χ1v) is 5.78. The van der Waals surface area contributed by atoms with Crippen LogP contribution in [0.2, 0.25) is 0 Å². The Morgan fingerprint density at radius 3 is 2.18 bits per heavy atom. The summed E-state index contributed by atoms with van der Waals surface area (Å²) < 4.78 is 4.57. The molecule has 0 radical (unpaired) electrons. The van der Waals surface area contributed by atoms with Crippen molar-refractivity contribution in [1.82, 2.24) is 10.2 Å². The van der Waals surface area contributed by atoms with Gasteiger partial charge in [-0.3, -0.25) is 9.59 Å². The SMILES string of the molecule is COC(=O)CN(C(=O)CNC(C)(C)C)C(C)C. The Morgan fingerprint density at radius 2 is 1.82 bits per heavy atom. The fourth-order valence-electron chi connectivity index (χ4n) is 1.20. The minimum atomic E-state index is -0.400. The van der Waals surface area contributed by atoms with Gasteiger partial charge in [-0.1, -0.05) is 0 Å². The average Bonchev–Trinajstić information content (AvgIpc) is 2.20. The number of nitrogens with one attached hydrogen (secondary N) is 1. The molecule has 0 bridgehead atoms. The predicted molar refractivity (Wildman–Crippen MR) is 66.6 cm³/mol. The molecular formula is C12H24N2O3. The number of methoxy groups -OCH3 is 1. The molecule has 5 nitrogen and oxygen atoms in total. The van der Waals surface area contributed by atoms with Gasteiger partial charge in [-0.25, -0.2) is 0 Å². The van der Waals surface area contributed by atoms with Gasteiger partial charge in [0.1, 0.15) is 6.54 Å². The number of carbonyl (C=O) groups excluding carboxylic acids is 2. The first-order chi connectivity index (χ1) is 7.67. The molecule has 0 spiro atoms. The van der Waals surface area contributed by atoms with Crippen molar-refractivity contribution in [3.63, 3.8) is 0 Å². The van der Waals surface area contributed by atoms with E-state index in [2.05, 4.69) is 10.1 Å². The Kier molecular flexibility index (Phi) is 6.16. The minimum absolute atomic E-state index is 0.00117. The van der Waals surface area contributed by atoms with Crippen LogP contribution in [0.4, 0.5) is 0 Å². The molecule has 17 heavy (non-hydrogen) atoms. The third kappa shape index (κ3) is 6.94. The van der Waals surface area contributed by atoms with Crippen LogP contribution in [0.15, 0.2) is 0 Å². The van der Waals surface area contributed by atoms with Gasteiger partial charge in [0.05, 0.1) is 13.7 Å². The van der Waals surface area contributed by atoms with Crippen LogP contribution >= 0.6 is 0 Å². The van der Waals surface area contributed by atoms with E-state index in [1.54, 1.807) is 0 Å². The molecule has 0 aliphatic carbocycles. The van der Waals surface area contributed by atoms with Crippen molar-refractivity contribution in [3.05, 3.63) is 0 Å². The zero-order valence-corrected chi connectivity index (χ0v) is 11.7. The number of rotatable bonds is 5. The Hall–Kier alpha value is -1.10. The van der Waals surface area contributed by atoms with Crippen LogP contribution < -0.4 is 5.32 Å². The van der Waals surface area contributed by atoms with Crippen LogP contribution in [-0.4, -0.2) is 48.6 Å². The molecule has 1 N–H and O–H groups in total. The van der Waals surface area contributed by atoms with Gasteiger partial charge in [0.2, 0.25) is 5.91 Å². The summed E-state index contributed by atoms with van der Waals surface area (Å²) in [5.74, 6) is -0.497. The summed E-state index contributed by atoms with van der Waals surface area (Å²) in [6.07, 6.45) is 0. The molecule has 0 saturated heterocycles. The maximum absolute atomic E-state index is 11.9. The lowest BCUT2D eigenvalue weighted by Crippen LogP contribution is -2.48. The molecule has 0 atom stereocenters. The van der Waals surface area contributed by atoms with Crippen LogP contribution in [0.1, 0.15) is 34.6 Å². The minimum Gasteiger partial charge on any atom is -0.468 e. The van der Waals surface area contributed by atoms with E-state index < -0.39 is 5.97 Å². The highest BCUT2D eigenvalue weighted by Crippen LogP contribution is 2.02. The maximum Gasteiger partial charge on any atom is 0.325 e. The first-order valence-electron chi connectivity index (χ1n) is 5.78. The second-order valence-electron chi connectivity index (χ2n) is 5.30. The van der Waals surface area contributed by atoms with Crippen LogP contribution in [0.3, 0.4) is 0 Å². The van der Waals surface area contributed by atoms with Gasteiger partial charge < -0.3 is 15.0 Å². The number of hydrogen-bond acceptors (Lipinski definition) is 4. The third-order valence-corrected chi connectivity index (χ3v) is 2.24. The molecule has 0 aliphatic heterocycles. The summed E-state index contributed by atoms with van der Waals surface area (Å²) in [7, 11) is 1.32. The van der Waals surface area contributed by atoms with Gasteiger partial charge in [-0.15, -0.1) is 0 Å². The zero-order valence-electron chi connectivity index (χ0n) is 11.7. The zero-order chi connectivity index (χ0) is 13.6. The standard InChI is InChI=1S/C12H24N2O3/c1-9(2)14(8-11(16)17-6)10(15)7-13-12(3,4)5/h9,13H,7-8H2,1-6H3. The quantitative estimate of drug-likeness (QED) is 0.726. The summed E-state index contributed by atoms with van der Waals surface area (Å²) in [5, 5.41) is 3.10. The predicted octanol–water partition coefficient (Wildman–Crippen LogP) is 0.785. The van der Waals surface area contributed by atoms with Crippen molar-refractivity contribution >= 4 is 11.9 Å². The molecule has 100 valence electrons. The Bertz CT molecular complexity index is 269. The van der Waals surface area contributed by atoms with E-state index >= 15 is 0 Å². The Morgan fingerprint density at radius 1 is 1.29 bits per heavy atom. The average molecular weight is 244 g/mol. The van der Waals surface area contributed by atoms with Gasteiger partial charge in [-0.2, -0.15) is 0 Å². The van der Waals surface area contributed by atoms with E-state index in [-0.39, 0.29) is 30.6 Å². The summed E-state index contributed by atoms with van der Waals surface area (Å²) in [6.45, 7) is 9.92. The smallest absolute Gasteiger partial charge is 0.325 e. The molecule has 0 aromatic carbocycles. The van der Waals surface area contributed by atoms with E-state index in [4.69, 9.17) is 0 Å². The summed E-state index contributed by atoms with van der Waals surface area (Å²) in [6, 6.07) is -0.0247. The van der Waals surface area contributed by atoms with Crippen LogP contribution in [0.5, 0.6) is 0 Å². The van der Waals surface area contributed by atoms with Crippen molar-refractivity contribution < 1.29 is 14.3 Å². The van der Waals surface area contributed by atoms with Crippen LogP contribution in [0, 0.1) is 0 Å². The topological polar surface area (TPSA) is 58.6 Å². The fraction of sp³-hybridized carbons (Fsp3) is 0.833. The highest BCUT2D eigenvalue weighted by atomic mass is 16.5. The molecule has 0 aliphatic rings. The van der Waals surface area contributed by atoms with Crippen molar-refractivity contribution in [3.8, 4) is 0 Å². The lowest BCUT2D eigenvalue weighted by Gasteiger charge is -2.28. The van der Waals surface area contributed by atoms with E-state index in [1.165, 1.54) is 12.0 Å². The van der Waals surface area contributed by atoms with Crippen molar-refractivity contribution in [1.29, 1.82) is 0 Å². The Balaban J connectivity index is 4.40. The second-order valence-corrected chi connectivity index (χ2v) is 5.30. The molecule has 1 amide bonds. The number of hydrogen-bond donors (Lipinski definition) is 1. The molecule has 0 rings (SSSR count). The molecule has 0 unspecified atom stereocenters. The van der Waals surface area contributed by atoms with Crippen molar-refractivity contribution in [2.24, 2.45) is 0 Å². The normalized spacial score (nSPS) is 11.5. The van der Waals surface area contributed by atoms with E-state index in [1.807, 2.05) is 34.6 Å². The van der Waals surface area contributed by atoms with E-state index in [0.717, 1.165) is 0 Å². The second kappa shape index (κ2) is 6.59. The number of ether oxygens (including phenoxy) is 1. The number of amides is 1. The molecule has 0 saturated carbocycles. The molecule has 5 heteroatoms. The summed E-state index contributed by atoms with van der Waals surface area (Å²) in [4.78, 5) is 24.6. The summed E-state index contributed by atoms with van der Waals surface area (Å²) >= 11 is 0. The van der Waals surface area contributed by atoms with Crippen molar-refractivity contribution in [2.75, 3.05) is 20.2 Å². The lowest BCUT2D eigenvalue weighted by molar-refractivity contribution is -0.147.